The molecule has 0 aliphatic carbocycles. The molecular weight excluding hydrogens is 534 g/mol. The van der Waals surface area contributed by atoms with Gasteiger partial charge in [-0.05, 0) is 74.4 Å². The van der Waals surface area contributed by atoms with Crippen molar-refractivity contribution < 1.29 is 18.7 Å². The minimum absolute atomic E-state index is 0.0541. The molecule has 1 aliphatic heterocycles. The van der Waals surface area contributed by atoms with Crippen LogP contribution in [0.25, 0.3) is 22.3 Å². The van der Waals surface area contributed by atoms with E-state index in [-0.39, 0.29) is 27.4 Å². The molecule has 0 atom stereocenters. The standard InChI is InChI=1S/C31H35ClF2N4O2/c1-31(2,3)38-12-10-36(11-13-38)25-15-22(14-23(33)17-25)27-19-24(34)18-26(30(27)40)21-6-7-29(28(32)16-21)37(20-39)9-8-35(4)5/h6-9,14-20,40H,10-13H2,1-5H3/b9-8-. The van der Waals surface area contributed by atoms with E-state index >= 15 is 0 Å². The third-order valence-electron chi connectivity index (χ3n) is 7.04. The zero-order valence-electron chi connectivity index (χ0n) is 23.5. The Morgan fingerprint density at radius 3 is 2.08 bits per heavy atom. The van der Waals surface area contributed by atoms with E-state index in [0.717, 1.165) is 26.2 Å². The molecule has 1 saturated heterocycles. The first kappa shape index (κ1) is 29.4. The second kappa shape index (κ2) is 11.9. The van der Waals surface area contributed by atoms with Crippen molar-refractivity contribution in [2.75, 3.05) is 50.1 Å². The average Bonchev–Trinajstić information content (AvgIpc) is 2.90. The Bertz CT molecular complexity index is 1410. The maximum Gasteiger partial charge on any atom is 0.218 e. The molecule has 0 radical (unpaired) electrons. The molecule has 0 spiro atoms. The van der Waals surface area contributed by atoms with Gasteiger partial charge in [-0.25, -0.2) is 8.78 Å². The summed E-state index contributed by atoms with van der Waals surface area (Å²) in [6, 6.07) is 11.8. The van der Waals surface area contributed by atoms with Crippen molar-refractivity contribution in [2.45, 2.75) is 26.3 Å². The number of anilines is 2. The molecule has 212 valence electrons. The second-order valence-corrected chi connectivity index (χ2v) is 11.5. The maximum absolute atomic E-state index is 14.9. The van der Waals surface area contributed by atoms with Crippen molar-refractivity contribution in [2.24, 2.45) is 0 Å². The zero-order chi connectivity index (χ0) is 29.2. The number of amides is 1. The average molecular weight is 569 g/mol. The number of hydrogen-bond donors (Lipinski definition) is 1. The van der Waals surface area contributed by atoms with E-state index in [4.69, 9.17) is 11.6 Å². The fraction of sp³-hybridized carbons (Fsp3) is 0.323. The third kappa shape index (κ3) is 6.57. The number of rotatable bonds is 7. The number of phenolic OH excluding ortho intramolecular Hbond substituents is 1. The first-order valence-electron chi connectivity index (χ1n) is 13.1. The van der Waals surface area contributed by atoms with Crippen LogP contribution in [0, 0.1) is 11.6 Å². The Morgan fingerprint density at radius 2 is 1.50 bits per heavy atom. The maximum atomic E-state index is 14.9. The summed E-state index contributed by atoms with van der Waals surface area (Å²) in [5, 5.41) is 11.5. The van der Waals surface area contributed by atoms with Gasteiger partial charge in [0, 0.05) is 75.0 Å². The van der Waals surface area contributed by atoms with Gasteiger partial charge in [-0.3, -0.25) is 14.6 Å². The fourth-order valence-electron chi connectivity index (χ4n) is 4.85. The SMILES string of the molecule is CN(C)/C=C\N(C=O)c1ccc(-c2cc(F)cc(-c3cc(F)cc(N4CCN(C(C)(C)C)CC4)c3)c2O)cc1Cl. The van der Waals surface area contributed by atoms with Gasteiger partial charge in [-0.1, -0.05) is 17.7 Å². The summed E-state index contributed by atoms with van der Waals surface area (Å²) < 4.78 is 29.7. The van der Waals surface area contributed by atoms with Crippen LogP contribution in [0.4, 0.5) is 20.2 Å². The van der Waals surface area contributed by atoms with Crippen LogP contribution in [0.1, 0.15) is 20.8 Å². The van der Waals surface area contributed by atoms with Crippen LogP contribution in [0.3, 0.4) is 0 Å². The van der Waals surface area contributed by atoms with Crippen molar-refractivity contribution in [1.82, 2.24) is 9.80 Å². The number of carbonyl (C=O) groups excluding carboxylic acids is 1. The van der Waals surface area contributed by atoms with Gasteiger partial charge in [-0.15, -0.1) is 0 Å². The van der Waals surface area contributed by atoms with Gasteiger partial charge in [0.1, 0.15) is 17.4 Å². The topological polar surface area (TPSA) is 50.3 Å². The van der Waals surface area contributed by atoms with Crippen LogP contribution >= 0.6 is 11.6 Å². The van der Waals surface area contributed by atoms with Gasteiger partial charge < -0.3 is 14.9 Å². The highest BCUT2D eigenvalue weighted by Crippen LogP contribution is 2.42. The van der Waals surface area contributed by atoms with Crippen LogP contribution < -0.4 is 9.80 Å². The predicted molar refractivity (Wildman–Crippen MR) is 159 cm³/mol. The van der Waals surface area contributed by atoms with Gasteiger partial charge in [0.15, 0.2) is 0 Å². The molecule has 1 fully saturated rings. The summed E-state index contributed by atoms with van der Waals surface area (Å²) >= 11 is 6.50. The van der Waals surface area contributed by atoms with E-state index < -0.39 is 11.6 Å². The molecule has 3 aromatic rings. The van der Waals surface area contributed by atoms with E-state index in [1.54, 1.807) is 41.6 Å². The van der Waals surface area contributed by atoms with Crippen molar-refractivity contribution in [3.63, 3.8) is 0 Å². The third-order valence-corrected chi connectivity index (χ3v) is 7.34. The van der Waals surface area contributed by atoms with Crippen LogP contribution in [0.5, 0.6) is 5.75 Å². The number of aromatic hydroxyl groups is 1. The van der Waals surface area contributed by atoms with E-state index in [0.29, 0.717) is 28.9 Å². The number of benzene rings is 3. The summed E-state index contributed by atoms with van der Waals surface area (Å²) in [5.41, 5.74) is 2.36. The number of hydrogen-bond acceptors (Lipinski definition) is 5. The highest BCUT2D eigenvalue weighted by molar-refractivity contribution is 6.34. The van der Waals surface area contributed by atoms with Gasteiger partial charge in [0.2, 0.25) is 6.41 Å². The molecule has 1 aliphatic rings. The first-order valence-corrected chi connectivity index (χ1v) is 13.5. The van der Waals surface area contributed by atoms with Crippen LogP contribution in [0.2, 0.25) is 5.02 Å². The first-order chi connectivity index (χ1) is 18.9. The van der Waals surface area contributed by atoms with Crippen LogP contribution in [-0.2, 0) is 4.79 Å². The monoisotopic (exact) mass is 568 g/mol. The quantitative estimate of drug-likeness (QED) is 0.327. The Balaban J connectivity index is 1.68. The van der Waals surface area contributed by atoms with Gasteiger partial charge >= 0.3 is 0 Å². The molecule has 1 N–H and O–H groups in total. The number of piperazine rings is 1. The summed E-state index contributed by atoms with van der Waals surface area (Å²) in [6.45, 7) is 9.67. The highest BCUT2D eigenvalue weighted by atomic mass is 35.5. The second-order valence-electron chi connectivity index (χ2n) is 11.1. The molecule has 1 heterocycles. The lowest BCUT2D eigenvalue weighted by atomic mass is 9.96. The summed E-state index contributed by atoms with van der Waals surface area (Å²) in [6.07, 6.45) is 3.89. The molecule has 4 rings (SSSR count). The molecule has 0 saturated carbocycles. The van der Waals surface area contributed by atoms with Gasteiger partial charge in [0.25, 0.3) is 0 Å². The van der Waals surface area contributed by atoms with Crippen molar-refractivity contribution in [1.29, 1.82) is 0 Å². The van der Waals surface area contributed by atoms with Crippen molar-refractivity contribution in [3.05, 3.63) is 77.6 Å². The van der Waals surface area contributed by atoms with Crippen LogP contribution in [-0.4, -0.2) is 67.1 Å². The lowest BCUT2D eigenvalue weighted by Crippen LogP contribution is -2.53. The van der Waals surface area contributed by atoms with Gasteiger partial charge in [-0.2, -0.15) is 0 Å². The van der Waals surface area contributed by atoms with Crippen LogP contribution in [0.15, 0.2) is 60.9 Å². The van der Waals surface area contributed by atoms with Crippen molar-refractivity contribution >= 4 is 29.4 Å². The molecule has 0 unspecified atom stereocenters. The zero-order valence-corrected chi connectivity index (χ0v) is 24.2. The Kier molecular flexibility index (Phi) is 8.71. The fourth-order valence-corrected chi connectivity index (χ4v) is 5.13. The summed E-state index contributed by atoms with van der Waals surface area (Å²) in [4.78, 5) is 19.2. The van der Waals surface area contributed by atoms with E-state index in [1.165, 1.54) is 29.2 Å². The lowest BCUT2D eigenvalue weighted by Gasteiger charge is -2.43. The molecule has 1 amide bonds. The molecular formula is C31H35ClF2N4O2. The Morgan fingerprint density at radius 1 is 0.875 bits per heavy atom. The molecule has 6 nitrogen and oxygen atoms in total. The number of carbonyl (C=O) groups is 1. The van der Waals surface area contributed by atoms with E-state index in [1.807, 2.05) is 14.1 Å². The van der Waals surface area contributed by atoms with E-state index in [9.17, 15) is 18.7 Å². The minimum atomic E-state index is -0.587. The molecule has 0 bridgehead atoms. The summed E-state index contributed by atoms with van der Waals surface area (Å²) in [7, 11) is 3.65. The number of nitrogens with zero attached hydrogens (tertiary/aromatic N) is 4. The number of halogens is 3. The predicted octanol–water partition coefficient (Wildman–Crippen LogP) is 6.57. The summed E-state index contributed by atoms with van der Waals surface area (Å²) in [5.74, 6) is -1.25. The highest BCUT2D eigenvalue weighted by Gasteiger charge is 2.26. The van der Waals surface area contributed by atoms with Gasteiger partial charge in [0.05, 0.1) is 10.7 Å². The Labute approximate surface area is 239 Å². The van der Waals surface area contributed by atoms with E-state index in [2.05, 4.69) is 30.6 Å². The molecule has 40 heavy (non-hydrogen) atoms. The Hall–Kier alpha value is -3.62. The molecule has 0 aromatic heterocycles. The lowest BCUT2D eigenvalue weighted by molar-refractivity contribution is -0.106. The molecule has 3 aromatic carbocycles. The largest absolute Gasteiger partial charge is 0.507 e. The smallest absolute Gasteiger partial charge is 0.218 e. The molecule has 9 heteroatoms. The number of phenols is 1. The minimum Gasteiger partial charge on any atom is -0.507 e. The normalized spacial score (nSPS) is 14.6. The van der Waals surface area contributed by atoms with Crippen molar-refractivity contribution in [3.8, 4) is 28.0 Å².